The third kappa shape index (κ3) is 3.88. The van der Waals surface area contributed by atoms with Gasteiger partial charge < -0.3 is 19.7 Å². The molecule has 1 fully saturated rings. The van der Waals surface area contributed by atoms with Crippen molar-refractivity contribution < 1.29 is 13.9 Å². The van der Waals surface area contributed by atoms with Gasteiger partial charge in [0.2, 0.25) is 0 Å². The summed E-state index contributed by atoms with van der Waals surface area (Å²) >= 11 is 0. The number of anilines is 2. The number of methoxy groups -OCH3 is 2. The van der Waals surface area contributed by atoms with Crippen LogP contribution < -0.4 is 19.7 Å². The Morgan fingerprint density at radius 3 is 2.29 bits per heavy atom. The van der Waals surface area contributed by atoms with Crippen LogP contribution >= 0.6 is 0 Å². The van der Waals surface area contributed by atoms with E-state index in [0.29, 0.717) is 6.04 Å². The highest BCUT2D eigenvalue weighted by Crippen LogP contribution is 2.28. The van der Waals surface area contributed by atoms with Crippen LogP contribution in [0.2, 0.25) is 0 Å². The van der Waals surface area contributed by atoms with Gasteiger partial charge in [0.25, 0.3) is 0 Å². The largest absolute Gasteiger partial charge is 0.497 e. The van der Waals surface area contributed by atoms with E-state index in [1.165, 1.54) is 12.3 Å². The van der Waals surface area contributed by atoms with Gasteiger partial charge in [-0.3, -0.25) is 0 Å². The van der Waals surface area contributed by atoms with Gasteiger partial charge in [-0.2, -0.15) is 0 Å². The monoisotopic (exact) mass is 331 g/mol. The minimum absolute atomic E-state index is 0.303. The van der Waals surface area contributed by atoms with Crippen LogP contribution in [-0.2, 0) is 0 Å². The van der Waals surface area contributed by atoms with E-state index in [-0.39, 0.29) is 5.82 Å². The lowest BCUT2D eigenvalue weighted by molar-refractivity contribution is 0.394. The van der Waals surface area contributed by atoms with E-state index in [9.17, 15) is 4.39 Å². The van der Waals surface area contributed by atoms with Gasteiger partial charge in [0.05, 0.1) is 20.4 Å². The first-order valence-electron chi connectivity index (χ1n) is 8.04. The number of hydrogen-bond donors (Lipinski definition) is 1. The van der Waals surface area contributed by atoms with Crippen molar-refractivity contribution in [3.05, 3.63) is 42.3 Å². The molecule has 1 aliphatic heterocycles. The summed E-state index contributed by atoms with van der Waals surface area (Å²) in [7, 11) is 3.29. The predicted molar refractivity (Wildman–Crippen MR) is 92.6 cm³/mol. The van der Waals surface area contributed by atoms with Gasteiger partial charge >= 0.3 is 0 Å². The first kappa shape index (κ1) is 16.4. The van der Waals surface area contributed by atoms with E-state index in [1.807, 2.05) is 18.2 Å². The lowest BCUT2D eigenvalue weighted by Crippen LogP contribution is -2.39. The van der Waals surface area contributed by atoms with Gasteiger partial charge in [0.15, 0.2) is 0 Å². The van der Waals surface area contributed by atoms with Gasteiger partial charge in [0.1, 0.15) is 23.1 Å². The second-order valence-corrected chi connectivity index (χ2v) is 5.84. The van der Waals surface area contributed by atoms with Crippen molar-refractivity contribution in [2.45, 2.75) is 18.9 Å². The lowest BCUT2D eigenvalue weighted by atomic mass is 10.0. The molecule has 2 aromatic rings. The van der Waals surface area contributed by atoms with E-state index in [0.717, 1.165) is 48.9 Å². The summed E-state index contributed by atoms with van der Waals surface area (Å²) in [5.74, 6) is 2.06. The summed E-state index contributed by atoms with van der Waals surface area (Å²) in [6.45, 7) is 1.77. The maximum absolute atomic E-state index is 13.0. The highest BCUT2D eigenvalue weighted by molar-refractivity contribution is 5.54. The zero-order valence-corrected chi connectivity index (χ0v) is 14.0. The summed E-state index contributed by atoms with van der Waals surface area (Å²) in [5, 5.41) is 3.54. The molecule has 1 aliphatic rings. The van der Waals surface area contributed by atoms with Gasteiger partial charge in [-0.05, 0) is 25.0 Å². The number of halogens is 1. The zero-order valence-electron chi connectivity index (χ0n) is 14.0. The van der Waals surface area contributed by atoms with Crippen LogP contribution in [0.4, 0.5) is 15.9 Å². The van der Waals surface area contributed by atoms with Gasteiger partial charge in [0, 0.05) is 43.0 Å². The first-order chi connectivity index (χ1) is 11.7. The molecule has 3 rings (SSSR count). The van der Waals surface area contributed by atoms with Crippen LogP contribution in [-0.4, -0.2) is 38.3 Å². The van der Waals surface area contributed by atoms with E-state index < -0.39 is 0 Å². The number of nitrogens with one attached hydrogen (secondary N) is 1. The first-order valence-corrected chi connectivity index (χ1v) is 8.04. The minimum atomic E-state index is -0.303. The maximum atomic E-state index is 13.0. The number of rotatable bonds is 5. The molecule has 1 aromatic heterocycles. The number of ether oxygens (including phenoxy) is 2. The molecule has 0 radical (unpaired) electrons. The Morgan fingerprint density at radius 2 is 1.75 bits per heavy atom. The fourth-order valence-electron chi connectivity index (χ4n) is 2.93. The van der Waals surface area contributed by atoms with Crippen molar-refractivity contribution in [1.82, 2.24) is 4.98 Å². The molecule has 128 valence electrons. The Kier molecular flexibility index (Phi) is 5.03. The fraction of sp³-hybridized carbons (Fsp3) is 0.389. The average molecular weight is 331 g/mol. The molecular weight excluding hydrogens is 309 g/mol. The third-order valence-corrected chi connectivity index (χ3v) is 4.25. The normalized spacial score (nSPS) is 15.2. The molecule has 0 atom stereocenters. The molecular formula is C18H22FN3O2. The topological polar surface area (TPSA) is 46.6 Å². The number of piperidine rings is 1. The average Bonchev–Trinajstić information content (AvgIpc) is 2.62. The summed E-state index contributed by atoms with van der Waals surface area (Å²) in [6, 6.07) is 9.35. The highest BCUT2D eigenvalue weighted by atomic mass is 19.1. The molecule has 1 aromatic carbocycles. The number of pyridine rings is 1. The number of nitrogens with zero attached hydrogens (tertiary/aromatic N) is 2. The molecule has 0 unspecified atom stereocenters. The summed E-state index contributed by atoms with van der Waals surface area (Å²) < 4.78 is 23.6. The molecule has 1 N–H and O–H groups in total. The van der Waals surface area contributed by atoms with Crippen molar-refractivity contribution in [2.75, 3.05) is 37.5 Å². The molecule has 5 nitrogen and oxygen atoms in total. The molecule has 2 heterocycles. The van der Waals surface area contributed by atoms with E-state index in [1.54, 1.807) is 20.3 Å². The number of aromatic nitrogens is 1. The van der Waals surface area contributed by atoms with Crippen LogP contribution in [0.25, 0.3) is 0 Å². The molecule has 6 heteroatoms. The molecule has 24 heavy (non-hydrogen) atoms. The van der Waals surface area contributed by atoms with Crippen molar-refractivity contribution in [1.29, 1.82) is 0 Å². The number of benzene rings is 1. The molecule has 0 spiro atoms. The second kappa shape index (κ2) is 7.38. The Balaban J connectivity index is 1.60. The second-order valence-electron chi connectivity index (χ2n) is 5.84. The number of hydrogen-bond acceptors (Lipinski definition) is 5. The minimum Gasteiger partial charge on any atom is -0.497 e. The lowest BCUT2D eigenvalue weighted by Gasteiger charge is -2.33. The fourth-order valence-corrected chi connectivity index (χ4v) is 2.93. The van der Waals surface area contributed by atoms with Crippen molar-refractivity contribution in [3.63, 3.8) is 0 Å². The van der Waals surface area contributed by atoms with Gasteiger partial charge in [-0.25, -0.2) is 9.37 Å². The zero-order chi connectivity index (χ0) is 16.9. The van der Waals surface area contributed by atoms with Crippen molar-refractivity contribution in [3.8, 4) is 11.5 Å². The molecule has 0 bridgehead atoms. The van der Waals surface area contributed by atoms with Gasteiger partial charge in [-0.1, -0.05) is 0 Å². The molecule has 0 aliphatic carbocycles. The van der Waals surface area contributed by atoms with Crippen molar-refractivity contribution >= 4 is 11.5 Å². The summed E-state index contributed by atoms with van der Waals surface area (Å²) in [4.78, 5) is 6.34. The molecule has 1 saturated heterocycles. The Bertz CT molecular complexity index is 648. The Morgan fingerprint density at radius 1 is 1.08 bits per heavy atom. The standard InChI is InChI=1S/C18H22FN3O2/c1-23-16-9-15(10-17(11-16)24-2)21-14-5-7-22(8-6-14)18-4-3-13(19)12-20-18/h3-4,9-12,14,21H,5-8H2,1-2H3. The van der Waals surface area contributed by atoms with E-state index >= 15 is 0 Å². The highest BCUT2D eigenvalue weighted by Gasteiger charge is 2.20. The maximum Gasteiger partial charge on any atom is 0.141 e. The third-order valence-electron chi connectivity index (χ3n) is 4.25. The molecule has 0 saturated carbocycles. The molecule has 0 amide bonds. The van der Waals surface area contributed by atoms with Crippen LogP contribution in [0, 0.1) is 5.82 Å². The quantitative estimate of drug-likeness (QED) is 0.911. The van der Waals surface area contributed by atoms with E-state index in [2.05, 4.69) is 15.2 Å². The van der Waals surface area contributed by atoms with E-state index in [4.69, 9.17) is 9.47 Å². The Hall–Kier alpha value is -2.50. The van der Waals surface area contributed by atoms with Crippen LogP contribution in [0.15, 0.2) is 36.5 Å². The smallest absolute Gasteiger partial charge is 0.141 e. The van der Waals surface area contributed by atoms with Gasteiger partial charge in [-0.15, -0.1) is 0 Å². The van der Waals surface area contributed by atoms with Crippen LogP contribution in [0.1, 0.15) is 12.8 Å². The Labute approximate surface area is 141 Å². The van der Waals surface area contributed by atoms with Crippen LogP contribution in [0.3, 0.4) is 0 Å². The van der Waals surface area contributed by atoms with Crippen LogP contribution in [0.5, 0.6) is 11.5 Å². The SMILES string of the molecule is COc1cc(NC2CCN(c3ccc(F)cn3)CC2)cc(OC)c1. The summed E-state index contributed by atoms with van der Waals surface area (Å²) in [6.07, 6.45) is 3.24. The summed E-state index contributed by atoms with van der Waals surface area (Å²) in [5.41, 5.74) is 0.990. The van der Waals surface area contributed by atoms with Crippen molar-refractivity contribution in [2.24, 2.45) is 0 Å². The predicted octanol–water partition coefficient (Wildman–Crippen LogP) is 3.32.